The minimum Gasteiger partial charge on any atom is -0.399 e. The second kappa shape index (κ2) is 10.6. The Morgan fingerprint density at radius 1 is 1.33 bits per heavy atom. The molecule has 1 saturated heterocycles. The first-order chi connectivity index (χ1) is 16.1. The zero-order valence-corrected chi connectivity index (χ0v) is 18.6. The molecule has 1 amide bonds. The summed E-state index contributed by atoms with van der Waals surface area (Å²) in [4.78, 5) is 17.4. The maximum Gasteiger partial charge on any atom is 0.251 e. The number of carbonyl (C=O) groups excluding carboxylic acids is 1. The zero-order chi connectivity index (χ0) is 23.2. The number of benzene rings is 2. The summed E-state index contributed by atoms with van der Waals surface area (Å²) in [5.41, 5.74) is 5.21. The van der Waals surface area contributed by atoms with Gasteiger partial charge in [0.25, 0.3) is 5.91 Å². The number of amides is 1. The van der Waals surface area contributed by atoms with Crippen molar-refractivity contribution in [2.45, 2.75) is 37.8 Å². The number of oxime groups is 1. The van der Waals surface area contributed by atoms with Crippen LogP contribution in [0.4, 0.5) is 4.39 Å². The predicted molar refractivity (Wildman–Crippen MR) is 122 cm³/mol. The summed E-state index contributed by atoms with van der Waals surface area (Å²) in [6.45, 7) is 1.67. The molecule has 0 spiro atoms. The van der Waals surface area contributed by atoms with Crippen LogP contribution in [0.25, 0.3) is 11.1 Å². The zero-order valence-electron chi connectivity index (χ0n) is 18.6. The van der Waals surface area contributed by atoms with Crippen LogP contribution >= 0.6 is 0 Å². The number of rotatable bonds is 6. The van der Waals surface area contributed by atoms with Crippen LogP contribution in [0.5, 0.6) is 0 Å². The smallest absolute Gasteiger partial charge is 0.251 e. The molecule has 0 bridgehead atoms. The van der Waals surface area contributed by atoms with Crippen LogP contribution in [-0.4, -0.2) is 50.6 Å². The number of aryl methyl sites for hydroxylation is 1. The second-order valence-electron chi connectivity index (χ2n) is 8.21. The molecular weight excluding hydrogens is 423 g/mol. The molecule has 1 fully saturated rings. The van der Waals surface area contributed by atoms with Crippen molar-refractivity contribution in [2.75, 3.05) is 26.8 Å². The van der Waals surface area contributed by atoms with Crippen molar-refractivity contribution >= 4 is 11.6 Å². The largest absolute Gasteiger partial charge is 0.399 e. The lowest BCUT2D eigenvalue weighted by Gasteiger charge is -2.18. The van der Waals surface area contributed by atoms with E-state index in [9.17, 15) is 14.4 Å². The van der Waals surface area contributed by atoms with Gasteiger partial charge in [0.05, 0.1) is 11.8 Å². The molecule has 2 N–H and O–H groups in total. The molecule has 1 aliphatic heterocycles. The number of nitrogens with one attached hydrogen (secondary N) is 2. The number of nitrogens with zero attached hydrogens (tertiary/aromatic N) is 2. The lowest BCUT2D eigenvalue weighted by atomic mass is 9.97. The summed E-state index contributed by atoms with van der Waals surface area (Å²) < 4.78 is 20.5. The SMILES string of the molecule is CO/N=C1\CCc2cc(-c3ccc(C[C@@H](C#N)NC(=O)[C@@H]4CNCCCO4)c(F)c3)ccc21. The summed E-state index contributed by atoms with van der Waals surface area (Å²) in [5, 5.41) is 19.4. The Morgan fingerprint density at radius 3 is 2.94 bits per heavy atom. The Labute approximate surface area is 192 Å². The van der Waals surface area contributed by atoms with Crippen LogP contribution in [0.15, 0.2) is 41.6 Å². The average Bonchev–Trinajstić information content (AvgIpc) is 3.03. The normalized spacial score (nSPS) is 19.9. The van der Waals surface area contributed by atoms with E-state index in [-0.39, 0.29) is 12.3 Å². The lowest BCUT2D eigenvalue weighted by Crippen LogP contribution is -2.46. The molecule has 7 nitrogen and oxygen atoms in total. The summed E-state index contributed by atoms with van der Waals surface area (Å²) >= 11 is 0. The predicted octanol–water partition coefficient (Wildman–Crippen LogP) is 2.72. The van der Waals surface area contributed by atoms with E-state index in [2.05, 4.69) is 27.9 Å². The molecule has 0 radical (unpaired) electrons. The molecule has 1 aliphatic carbocycles. The highest BCUT2D eigenvalue weighted by atomic mass is 19.1. The average molecular weight is 451 g/mol. The van der Waals surface area contributed by atoms with Gasteiger partial charge in [-0.1, -0.05) is 35.5 Å². The summed E-state index contributed by atoms with van der Waals surface area (Å²) in [5.74, 6) is -0.765. The van der Waals surface area contributed by atoms with Crippen LogP contribution in [0.1, 0.15) is 29.5 Å². The molecular formula is C25H27FN4O3. The fourth-order valence-corrected chi connectivity index (χ4v) is 4.24. The fraction of sp³-hybridized carbons (Fsp3) is 0.400. The second-order valence-corrected chi connectivity index (χ2v) is 8.21. The Morgan fingerprint density at radius 2 is 2.15 bits per heavy atom. The number of halogens is 1. The molecule has 33 heavy (non-hydrogen) atoms. The molecule has 1 heterocycles. The van der Waals surface area contributed by atoms with Gasteiger partial charge in [-0.15, -0.1) is 0 Å². The number of carbonyl (C=O) groups is 1. The molecule has 172 valence electrons. The van der Waals surface area contributed by atoms with Crippen molar-refractivity contribution in [1.29, 1.82) is 5.26 Å². The number of ether oxygens (including phenoxy) is 1. The van der Waals surface area contributed by atoms with E-state index in [1.165, 1.54) is 13.2 Å². The Balaban J connectivity index is 1.44. The van der Waals surface area contributed by atoms with Crippen LogP contribution in [0.2, 0.25) is 0 Å². The molecule has 2 aromatic carbocycles. The van der Waals surface area contributed by atoms with Crippen molar-refractivity contribution in [2.24, 2.45) is 5.16 Å². The van der Waals surface area contributed by atoms with E-state index >= 15 is 0 Å². The molecule has 2 atom stereocenters. The van der Waals surface area contributed by atoms with Gasteiger partial charge in [-0.2, -0.15) is 5.26 Å². The van der Waals surface area contributed by atoms with E-state index < -0.39 is 18.0 Å². The summed E-state index contributed by atoms with van der Waals surface area (Å²) in [6, 6.07) is 12.2. The van der Waals surface area contributed by atoms with Crippen LogP contribution in [0.3, 0.4) is 0 Å². The summed E-state index contributed by atoms with van der Waals surface area (Å²) in [6.07, 6.45) is 1.95. The lowest BCUT2D eigenvalue weighted by molar-refractivity contribution is -0.132. The van der Waals surface area contributed by atoms with Crippen molar-refractivity contribution in [1.82, 2.24) is 10.6 Å². The van der Waals surface area contributed by atoms with E-state index in [1.807, 2.05) is 18.2 Å². The number of nitriles is 1. The monoisotopic (exact) mass is 450 g/mol. The van der Waals surface area contributed by atoms with Crippen LogP contribution in [-0.2, 0) is 27.2 Å². The topological polar surface area (TPSA) is 95.7 Å². The standard InChI is InChI=1S/C25H27FN4O3/c1-32-30-23-8-6-18-11-16(5-7-21(18)23)17-3-4-19(22(26)13-17)12-20(14-27)29-25(31)24-15-28-9-2-10-33-24/h3-5,7,11,13,20,24,28H,2,6,8-10,12,15H2,1H3,(H,29,31)/b30-23+/t20-,24-/m0/s1. The van der Waals surface area contributed by atoms with Gasteiger partial charge in [0.2, 0.25) is 0 Å². The first kappa shape index (κ1) is 22.9. The first-order valence-electron chi connectivity index (χ1n) is 11.1. The molecule has 4 rings (SSSR count). The fourth-order valence-electron chi connectivity index (χ4n) is 4.24. The Hall–Kier alpha value is -3.28. The van der Waals surface area contributed by atoms with Gasteiger partial charge in [-0.25, -0.2) is 4.39 Å². The van der Waals surface area contributed by atoms with Crippen LogP contribution < -0.4 is 10.6 Å². The van der Waals surface area contributed by atoms with E-state index in [0.717, 1.165) is 53.8 Å². The highest BCUT2D eigenvalue weighted by molar-refractivity contribution is 6.04. The Bertz CT molecular complexity index is 1090. The molecule has 2 aliphatic rings. The first-order valence-corrected chi connectivity index (χ1v) is 11.1. The van der Waals surface area contributed by atoms with Crippen molar-refractivity contribution in [3.8, 4) is 17.2 Å². The highest BCUT2D eigenvalue weighted by Crippen LogP contribution is 2.29. The van der Waals surface area contributed by atoms with E-state index in [4.69, 9.17) is 9.57 Å². The highest BCUT2D eigenvalue weighted by Gasteiger charge is 2.24. The van der Waals surface area contributed by atoms with Crippen molar-refractivity contribution in [3.63, 3.8) is 0 Å². The van der Waals surface area contributed by atoms with Gasteiger partial charge in [0, 0.05) is 25.1 Å². The number of hydrogen-bond acceptors (Lipinski definition) is 6. The van der Waals surface area contributed by atoms with Gasteiger partial charge in [-0.05, 0) is 54.1 Å². The molecule has 0 saturated carbocycles. The maximum absolute atomic E-state index is 14.9. The maximum atomic E-state index is 14.9. The van der Waals surface area contributed by atoms with E-state index in [0.29, 0.717) is 18.7 Å². The Kier molecular flexibility index (Phi) is 7.33. The minimum atomic E-state index is -0.844. The van der Waals surface area contributed by atoms with Gasteiger partial charge in [0.1, 0.15) is 25.1 Å². The summed E-state index contributed by atoms with van der Waals surface area (Å²) in [7, 11) is 1.54. The van der Waals surface area contributed by atoms with E-state index in [1.54, 1.807) is 6.07 Å². The quantitative estimate of drug-likeness (QED) is 0.660. The number of fused-ring (bicyclic) bond motifs is 1. The van der Waals surface area contributed by atoms with Gasteiger partial charge >= 0.3 is 0 Å². The van der Waals surface area contributed by atoms with Gasteiger partial charge in [-0.3, -0.25) is 4.79 Å². The molecule has 0 unspecified atom stereocenters. The molecule has 2 aromatic rings. The van der Waals surface area contributed by atoms with Crippen molar-refractivity contribution < 1.29 is 18.8 Å². The number of hydrogen-bond donors (Lipinski definition) is 2. The van der Waals surface area contributed by atoms with Gasteiger partial charge < -0.3 is 20.2 Å². The minimum absolute atomic E-state index is 0.0789. The molecule has 0 aromatic heterocycles. The molecule has 8 heteroatoms. The third-order valence-corrected chi connectivity index (χ3v) is 5.97. The third kappa shape index (κ3) is 5.38. The third-order valence-electron chi connectivity index (χ3n) is 5.97. The van der Waals surface area contributed by atoms with Gasteiger partial charge in [0.15, 0.2) is 0 Å². The van der Waals surface area contributed by atoms with Crippen molar-refractivity contribution in [3.05, 3.63) is 58.9 Å². The van der Waals surface area contributed by atoms with Crippen LogP contribution in [0, 0.1) is 17.1 Å².